The number of carbonyl (C=O) groups is 1. The van der Waals surface area contributed by atoms with E-state index in [4.69, 9.17) is 9.15 Å². The summed E-state index contributed by atoms with van der Waals surface area (Å²) in [7, 11) is 0. The van der Waals surface area contributed by atoms with E-state index in [1.165, 1.54) is 17.4 Å². The highest BCUT2D eigenvalue weighted by molar-refractivity contribution is 7.14. The van der Waals surface area contributed by atoms with Crippen molar-refractivity contribution in [3.8, 4) is 17.0 Å². The van der Waals surface area contributed by atoms with Gasteiger partial charge in [-0.05, 0) is 49.4 Å². The smallest absolute Gasteiger partial charge is 0.250 e. The van der Waals surface area contributed by atoms with Crippen LogP contribution in [0.5, 0.6) is 5.75 Å². The Kier molecular flexibility index (Phi) is 5.08. The van der Waals surface area contributed by atoms with Crippen molar-refractivity contribution in [2.45, 2.75) is 6.92 Å². The van der Waals surface area contributed by atoms with Gasteiger partial charge in [-0.2, -0.15) is 0 Å². The van der Waals surface area contributed by atoms with Gasteiger partial charge in [-0.25, -0.2) is 4.98 Å². The summed E-state index contributed by atoms with van der Waals surface area (Å²) in [6, 6.07) is 11.2. The van der Waals surface area contributed by atoms with Crippen LogP contribution in [0.2, 0.25) is 0 Å². The molecular weight excluding hydrogens is 324 g/mol. The number of furan rings is 1. The number of aromatic nitrogens is 1. The minimum absolute atomic E-state index is 0.251. The first-order chi connectivity index (χ1) is 11.7. The van der Waals surface area contributed by atoms with Crippen LogP contribution in [0.15, 0.2) is 58.5 Å². The molecule has 2 aromatic heterocycles. The van der Waals surface area contributed by atoms with Gasteiger partial charge in [0.05, 0.1) is 18.6 Å². The molecule has 1 amide bonds. The molecule has 3 aromatic rings. The highest BCUT2D eigenvalue weighted by Gasteiger charge is 2.07. The van der Waals surface area contributed by atoms with Crippen molar-refractivity contribution in [3.05, 3.63) is 59.9 Å². The number of amides is 1. The Bertz CT molecular complexity index is 820. The maximum atomic E-state index is 11.9. The van der Waals surface area contributed by atoms with E-state index in [1.807, 2.05) is 36.6 Å². The number of rotatable bonds is 6. The largest absolute Gasteiger partial charge is 0.494 e. The fourth-order valence-electron chi connectivity index (χ4n) is 2.04. The number of nitrogens with zero attached hydrogens (tertiary/aromatic N) is 1. The second-order valence-corrected chi connectivity index (χ2v) is 5.69. The first-order valence-corrected chi connectivity index (χ1v) is 8.34. The van der Waals surface area contributed by atoms with Crippen LogP contribution in [0, 0.1) is 0 Å². The number of nitrogens with one attached hydrogen (secondary N) is 1. The van der Waals surface area contributed by atoms with Crippen LogP contribution in [0.3, 0.4) is 0 Å². The lowest BCUT2D eigenvalue weighted by Gasteiger charge is -2.03. The minimum atomic E-state index is -0.251. The second-order valence-electron chi connectivity index (χ2n) is 4.83. The molecule has 0 spiro atoms. The average molecular weight is 340 g/mol. The molecule has 0 aliphatic heterocycles. The van der Waals surface area contributed by atoms with Gasteiger partial charge in [0.1, 0.15) is 11.5 Å². The third-order valence-electron chi connectivity index (χ3n) is 3.14. The molecule has 0 radical (unpaired) electrons. The Morgan fingerprint density at radius 2 is 2.17 bits per heavy atom. The van der Waals surface area contributed by atoms with E-state index in [0.717, 1.165) is 17.0 Å². The zero-order valence-corrected chi connectivity index (χ0v) is 13.9. The monoisotopic (exact) mass is 340 g/mol. The predicted octanol–water partition coefficient (Wildman–Crippen LogP) is 4.45. The molecule has 0 aliphatic carbocycles. The fraction of sp³-hybridized carbons (Fsp3) is 0.111. The van der Waals surface area contributed by atoms with Gasteiger partial charge in [0, 0.05) is 17.0 Å². The van der Waals surface area contributed by atoms with E-state index in [9.17, 15) is 4.79 Å². The van der Waals surface area contributed by atoms with Gasteiger partial charge in [-0.15, -0.1) is 11.3 Å². The number of hydrogen-bond donors (Lipinski definition) is 1. The Morgan fingerprint density at radius 3 is 2.88 bits per heavy atom. The summed E-state index contributed by atoms with van der Waals surface area (Å²) in [5, 5.41) is 5.19. The maximum Gasteiger partial charge on any atom is 0.250 e. The van der Waals surface area contributed by atoms with Crippen LogP contribution in [-0.4, -0.2) is 17.5 Å². The first-order valence-electron chi connectivity index (χ1n) is 7.46. The number of ether oxygens (including phenoxy) is 1. The van der Waals surface area contributed by atoms with Gasteiger partial charge in [-0.1, -0.05) is 0 Å². The van der Waals surface area contributed by atoms with E-state index in [2.05, 4.69) is 10.3 Å². The van der Waals surface area contributed by atoms with Crippen LogP contribution >= 0.6 is 11.3 Å². The summed E-state index contributed by atoms with van der Waals surface area (Å²) < 4.78 is 10.6. The minimum Gasteiger partial charge on any atom is -0.494 e. The van der Waals surface area contributed by atoms with E-state index < -0.39 is 0 Å². The van der Waals surface area contributed by atoms with Crippen LogP contribution in [-0.2, 0) is 4.79 Å². The zero-order chi connectivity index (χ0) is 16.8. The average Bonchev–Trinajstić information content (AvgIpc) is 3.26. The molecule has 122 valence electrons. The summed E-state index contributed by atoms with van der Waals surface area (Å²) in [5.74, 6) is 1.20. The molecule has 0 saturated heterocycles. The molecular formula is C18H16N2O3S. The van der Waals surface area contributed by atoms with Crippen LogP contribution in [0.25, 0.3) is 17.3 Å². The molecule has 1 aromatic carbocycles. The topological polar surface area (TPSA) is 64.4 Å². The Hall–Kier alpha value is -2.86. The summed E-state index contributed by atoms with van der Waals surface area (Å²) >= 11 is 1.38. The molecule has 0 aliphatic rings. The van der Waals surface area contributed by atoms with Crippen LogP contribution < -0.4 is 10.1 Å². The van der Waals surface area contributed by atoms with Crippen molar-refractivity contribution < 1.29 is 13.9 Å². The molecule has 0 saturated carbocycles. The zero-order valence-electron chi connectivity index (χ0n) is 13.1. The van der Waals surface area contributed by atoms with E-state index in [1.54, 1.807) is 24.5 Å². The van der Waals surface area contributed by atoms with Crippen molar-refractivity contribution in [3.63, 3.8) is 0 Å². The van der Waals surface area contributed by atoms with Gasteiger partial charge < -0.3 is 9.15 Å². The summed E-state index contributed by atoms with van der Waals surface area (Å²) in [4.78, 5) is 16.3. The lowest BCUT2D eigenvalue weighted by molar-refractivity contribution is -0.111. The summed E-state index contributed by atoms with van der Waals surface area (Å²) in [6.45, 7) is 2.58. The van der Waals surface area contributed by atoms with E-state index >= 15 is 0 Å². The third-order valence-corrected chi connectivity index (χ3v) is 3.90. The molecule has 6 heteroatoms. The van der Waals surface area contributed by atoms with Gasteiger partial charge in [0.25, 0.3) is 0 Å². The van der Waals surface area contributed by atoms with Crippen LogP contribution in [0.1, 0.15) is 12.7 Å². The maximum absolute atomic E-state index is 11.9. The predicted molar refractivity (Wildman–Crippen MR) is 95.1 cm³/mol. The van der Waals surface area contributed by atoms with Crippen molar-refractivity contribution in [2.24, 2.45) is 0 Å². The molecule has 5 nitrogen and oxygen atoms in total. The molecule has 1 N–H and O–H groups in total. The normalized spacial score (nSPS) is 10.9. The first kappa shape index (κ1) is 16.0. The van der Waals surface area contributed by atoms with E-state index in [0.29, 0.717) is 17.5 Å². The highest BCUT2D eigenvalue weighted by atomic mass is 32.1. The Labute approximate surface area is 143 Å². The fourth-order valence-corrected chi connectivity index (χ4v) is 2.77. The quantitative estimate of drug-likeness (QED) is 0.673. The number of hydrogen-bond acceptors (Lipinski definition) is 5. The summed E-state index contributed by atoms with van der Waals surface area (Å²) in [5.41, 5.74) is 1.79. The van der Waals surface area contributed by atoms with Crippen LogP contribution in [0.4, 0.5) is 5.13 Å². The Morgan fingerprint density at radius 1 is 1.33 bits per heavy atom. The van der Waals surface area contributed by atoms with Gasteiger partial charge >= 0.3 is 0 Å². The van der Waals surface area contributed by atoms with Gasteiger partial charge in [0.15, 0.2) is 5.13 Å². The van der Waals surface area contributed by atoms with Crippen molar-refractivity contribution in [1.29, 1.82) is 0 Å². The SMILES string of the molecule is CCOc1ccc(-c2csc(NC(=O)C=Cc3ccco3)n2)cc1. The molecule has 0 bridgehead atoms. The number of benzene rings is 1. The molecule has 3 rings (SSSR count). The molecule has 0 unspecified atom stereocenters. The van der Waals surface area contributed by atoms with E-state index in [-0.39, 0.29) is 5.91 Å². The van der Waals surface area contributed by atoms with Crippen molar-refractivity contribution in [2.75, 3.05) is 11.9 Å². The van der Waals surface area contributed by atoms with Crippen molar-refractivity contribution in [1.82, 2.24) is 4.98 Å². The standard InChI is InChI=1S/C18H16N2O3S/c1-2-22-15-7-5-13(6-8-15)16-12-24-18(19-16)20-17(21)10-9-14-4-3-11-23-14/h3-12H,2H2,1H3,(H,19,20,21). The van der Waals surface area contributed by atoms with Gasteiger partial charge in [0.2, 0.25) is 5.91 Å². The molecule has 2 heterocycles. The molecule has 24 heavy (non-hydrogen) atoms. The number of anilines is 1. The van der Waals surface area contributed by atoms with Gasteiger partial charge in [-0.3, -0.25) is 10.1 Å². The second kappa shape index (κ2) is 7.61. The molecule has 0 atom stereocenters. The number of thiazole rings is 1. The highest BCUT2D eigenvalue weighted by Crippen LogP contribution is 2.26. The lowest BCUT2D eigenvalue weighted by Crippen LogP contribution is -2.07. The summed E-state index contributed by atoms with van der Waals surface area (Å²) in [6.07, 6.45) is 4.58. The molecule has 0 fully saturated rings. The lowest BCUT2D eigenvalue weighted by atomic mass is 10.2. The third kappa shape index (κ3) is 4.11. The van der Waals surface area contributed by atoms with Crippen molar-refractivity contribution >= 4 is 28.5 Å². The number of carbonyl (C=O) groups excluding carboxylic acids is 1. The Balaban J connectivity index is 1.63.